The predicted octanol–water partition coefficient (Wildman–Crippen LogP) is 3.10. The maximum Gasteiger partial charge on any atom is 0.166 e. The van der Waals surface area contributed by atoms with Crippen molar-refractivity contribution >= 4 is 18.4 Å². The van der Waals surface area contributed by atoms with Gasteiger partial charge >= 0.3 is 0 Å². The molecule has 18 heavy (non-hydrogen) atoms. The van der Waals surface area contributed by atoms with Crippen molar-refractivity contribution in [2.24, 2.45) is 0 Å². The van der Waals surface area contributed by atoms with E-state index in [9.17, 15) is 4.79 Å². The van der Waals surface area contributed by atoms with Crippen LogP contribution in [0.4, 0.5) is 0 Å². The molecule has 1 heterocycles. The summed E-state index contributed by atoms with van der Waals surface area (Å²) >= 11 is 4.33. The molecule has 2 rings (SSSR count). The number of Topliss-reactive ketones (excluding diaryl/α,β-unsaturated/α-hetero) is 1. The molecule has 1 aromatic carbocycles. The normalized spacial score (nSPS) is 20.3. The van der Waals surface area contributed by atoms with Gasteiger partial charge < -0.3 is 0 Å². The number of carbonyl (C=O) groups excluding carboxylic acids is 1. The Bertz CT molecular complexity index is 385. The van der Waals surface area contributed by atoms with Gasteiger partial charge in [-0.15, -0.1) is 0 Å². The first-order valence-electron chi connectivity index (χ1n) is 6.71. The summed E-state index contributed by atoms with van der Waals surface area (Å²) in [5, 5.41) is -0.211. The van der Waals surface area contributed by atoms with Crippen LogP contribution in [0.1, 0.15) is 37.8 Å². The molecule has 0 radical (unpaired) electrons. The minimum Gasteiger partial charge on any atom is -0.296 e. The first kappa shape index (κ1) is 13.6. The van der Waals surface area contributed by atoms with Crippen molar-refractivity contribution in [3.8, 4) is 0 Å². The number of likely N-dealkylation sites (tertiary alicyclic amines) is 1. The highest BCUT2D eigenvalue weighted by Gasteiger charge is 2.30. The van der Waals surface area contributed by atoms with Crippen LogP contribution in [0.3, 0.4) is 0 Å². The third-order valence-corrected chi connectivity index (χ3v) is 3.81. The summed E-state index contributed by atoms with van der Waals surface area (Å²) in [5.74, 6) is 0.214. The van der Waals surface area contributed by atoms with Gasteiger partial charge in [-0.1, -0.05) is 36.8 Å². The van der Waals surface area contributed by atoms with Crippen LogP contribution in [0.5, 0.6) is 0 Å². The number of rotatable bonds is 4. The highest BCUT2D eigenvalue weighted by atomic mass is 32.1. The zero-order chi connectivity index (χ0) is 13.0. The predicted molar refractivity (Wildman–Crippen MR) is 78.1 cm³/mol. The van der Waals surface area contributed by atoms with Crippen molar-refractivity contribution in [3.63, 3.8) is 0 Å². The first-order chi connectivity index (χ1) is 8.70. The van der Waals surface area contributed by atoms with Crippen molar-refractivity contribution in [3.05, 3.63) is 35.9 Å². The first-order valence-corrected chi connectivity index (χ1v) is 7.22. The molecule has 1 fully saturated rings. The summed E-state index contributed by atoms with van der Waals surface area (Å²) in [7, 11) is 0. The van der Waals surface area contributed by atoms with Gasteiger partial charge in [-0.3, -0.25) is 9.69 Å². The van der Waals surface area contributed by atoms with E-state index >= 15 is 0 Å². The lowest BCUT2D eigenvalue weighted by molar-refractivity contribution is -0.124. The molecule has 2 atom stereocenters. The van der Waals surface area contributed by atoms with Crippen LogP contribution in [0.15, 0.2) is 30.3 Å². The highest BCUT2D eigenvalue weighted by Crippen LogP contribution is 2.27. The van der Waals surface area contributed by atoms with E-state index in [0.717, 1.165) is 18.7 Å². The van der Waals surface area contributed by atoms with Crippen molar-refractivity contribution in [1.82, 2.24) is 4.90 Å². The summed E-state index contributed by atoms with van der Waals surface area (Å²) in [6.07, 6.45) is 3.66. The van der Waals surface area contributed by atoms with Gasteiger partial charge in [-0.25, -0.2) is 0 Å². The van der Waals surface area contributed by atoms with Crippen molar-refractivity contribution in [2.75, 3.05) is 13.1 Å². The maximum absolute atomic E-state index is 12.4. The van der Waals surface area contributed by atoms with Gasteiger partial charge in [0.25, 0.3) is 0 Å². The van der Waals surface area contributed by atoms with Gasteiger partial charge in [0.2, 0.25) is 0 Å². The average molecular weight is 263 g/mol. The van der Waals surface area contributed by atoms with Crippen LogP contribution in [0, 0.1) is 0 Å². The molecule has 1 aromatic rings. The lowest BCUT2D eigenvalue weighted by Gasteiger charge is -2.34. The van der Waals surface area contributed by atoms with Crippen molar-refractivity contribution in [1.29, 1.82) is 0 Å². The lowest BCUT2D eigenvalue weighted by Crippen LogP contribution is -2.40. The number of ketones is 1. The van der Waals surface area contributed by atoms with E-state index in [0.29, 0.717) is 0 Å². The van der Waals surface area contributed by atoms with E-state index in [4.69, 9.17) is 0 Å². The second-order valence-corrected chi connectivity index (χ2v) is 5.76. The van der Waals surface area contributed by atoms with Gasteiger partial charge in [0, 0.05) is 0 Å². The molecule has 3 heteroatoms. The van der Waals surface area contributed by atoms with Crippen LogP contribution in [0.2, 0.25) is 0 Å². The van der Waals surface area contributed by atoms with Crippen LogP contribution < -0.4 is 0 Å². The smallest absolute Gasteiger partial charge is 0.166 e. The molecule has 2 nitrogen and oxygen atoms in total. The molecule has 0 bridgehead atoms. The summed E-state index contributed by atoms with van der Waals surface area (Å²) in [5.41, 5.74) is 1.10. The fourth-order valence-electron chi connectivity index (χ4n) is 2.60. The Morgan fingerprint density at radius 1 is 1.17 bits per heavy atom. The number of piperidine rings is 1. The van der Waals surface area contributed by atoms with E-state index < -0.39 is 0 Å². The number of nitrogens with zero attached hydrogens (tertiary/aromatic N) is 1. The lowest BCUT2D eigenvalue weighted by atomic mass is 9.97. The Morgan fingerprint density at radius 3 is 2.33 bits per heavy atom. The van der Waals surface area contributed by atoms with Gasteiger partial charge in [-0.05, 0) is 38.4 Å². The van der Waals surface area contributed by atoms with Crippen LogP contribution in [0.25, 0.3) is 0 Å². The fraction of sp³-hybridized carbons (Fsp3) is 0.533. The second-order valence-electron chi connectivity index (χ2n) is 4.99. The molecule has 0 N–H and O–H groups in total. The Kier molecular flexibility index (Phi) is 4.84. The monoisotopic (exact) mass is 263 g/mol. The number of carbonyl (C=O) groups is 1. The molecular weight excluding hydrogens is 242 g/mol. The van der Waals surface area contributed by atoms with Gasteiger partial charge in [0.15, 0.2) is 5.78 Å². The Hall–Kier alpha value is -0.800. The Morgan fingerprint density at radius 2 is 1.78 bits per heavy atom. The van der Waals surface area contributed by atoms with E-state index in [1.807, 2.05) is 37.3 Å². The average Bonchev–Trinajstić information content (AvgIpc) is 2.41. The number of hydrogen-bond acceptors (Lipinski definition) is 3. The van der Waals surface area contributed by atoms with Crippen LogP contribution in [-0.4, -0.2) is 29.0 Å². The maximum atomic E-state index is 12.4. The molecule has 1 saturated heterocycles. The highest BCUT2D eigenvalue weighted by molar-refractivity contribution is 7.81. The van der Waals surface area contributed by atoms with Gasteiger partial charge in [-0.2, -0.15) is 12.6 Å². The molecule has 0 spiro atoms. The zero-order valence-electron chi connectivity index (χ0n) is 10.9. The molecule has 98 valence electrons. The zero-order valence-corrected chi connectivity index (χ0v) is 11.8. The standard InChI is InChI=1S/C15H21NOS/c1-12(18)15(17)14(13-8-4-2-5-9-13)16-10-6-3-7-11-16/h2,4-5,8-9,12,14,18H,3,6-7,10-11H2,1H3/t12?,14-/m1/s1. The number of thiol groups is 1. The van der Waals surface area contributed by atoms with E-state index in [1.165, 1.54) is 19.3 Å². The molecule has 0 aliphatic carbocycles. The molecule has 1 unspecified atom stereocenters. The minimum absolute atomic E-state index is 0.112. The molecular formula is C15H21NOS. The van der Waals surface area contributed by atoms with E-state index in [2.05, 4.69) is 17.5 Å². The topological polar surface area (TPSA) is 20.3 Å². The summed E-state index contributed by atoms with van der Waals surface area (Å²) in [6, 6.07) is 9.98. The second kappa shape index (κ2) is 6.39. The molecule has 0 amide bonds. The quantitative estimate of drug-likeness (QED) is 0.842. The Labute approximate surface area is 115 Å². The van der Waals surface area contributed by atoms with Crippen LogP contribution >= 0.6 is 12.6 Å². The molecule has 1 aliphatic heterocycles. The third-order valence-electron chi connectivity index (χ3n) is 3.55. The minimum atomic E-state index is -0.211. The fourth-order valence-corrected chi connectivity index (χ4v) is 2.74. The van der Waals surface area contributed by atoms with E-state index in [-0.39, 0.29) is 17.1 Å². The SMILES string of the molecule is CC(S)C(=O)[C@@H](c1ccccc1)N1CCCCC1. The van der Waals surface area contributed by atoms with Gasteiger partial charge in [0.05, 0.1) is 11.3 Å². The molecule has 0 saturated carbocycles. The summed E-state index contributed by atoms with van der Waals surface area (Å²) in [6.45, 7) is 3.91. The largest absolute Gasteiger partial charge is 0.296 e. The van der Waals surface area contributed by atoms with E-state index in [1.54, 1.807) is 0 Å². The number of benzene rings is 1. The molecule has 1 aliphatic rings. The van der Waals surface area contributed by atoms with Crippen molar-refractivity contribution < 1.29 is 4.79 Å². The third kappa shape index (κ3) is 3.15. The van der Waals surface area contributed by atoms with Crippen molar-refractivity contribution in [2.45, 2.75) is 37.5 Å². The summed E-state index contributed by atoms with van der Waals surface area (Å²) in [4.78, 5) is 14.7. The van der Waals surface area contributed by atoms with Gasteiger partial charge in [0.1, 0.15) is 0 Å². The Balaban J connectivity index is 2.25. The van der Waals surface area contributed by atoms with Crippen LogP contribution in [-0.2, 0) is 4.79 Å². The molecule has 0 aromatic heterocycles. The summed E-state index contributed by atoms with van der Waals surface area (Å²) < 4.78 is 0. The number of hydrogen-bond donors (Lipinski definition) is 1.